The van der Waals surface area contributed by atoms with E-state index >= 15 is 0 Å². The third kappa shape index (κ3) is 4.34. The number of rotatable bonds is 1. The molecule has 0 unspecified atom stereocenters. The van der Waals surface area contributed by atoms with Gasteiger partial charge in [0.25, 0.3) is 5.91 Å². The van der Waals surface area contributed by atoms with Gasteiger partial charge in [0.15, 0.2) is 0 Å². The Morgan fingerprint density at radius 2 is 1.95 bits per heavy atom. The van der Waals surface area contributed by atoms with Gasteiger partial charge in [-0.1, -0.05) is 25.7 Å². The Hall–Kier alpha value is -1.79. The standard InChI is InChI=1S/C18H23NO2/c1-18(2)10-4-12-19(13-11-18)17(21)16-8-6-15(7-9-16)5-3-14-20/h6-9,20H,4,10-14H2,1-2H3. The van der Waals surface area contributed by atoms with E-state index in [0.717, 1.165) is 31.5 Å². The van der Waals surface area contributed by atoms with Crippen LogP contribution in [0.25, 0.3) is 0 Å². The molecular formula is C18H23NO2. The molecule has 0 bridgehead atoms. The van der Waals surface area contributed by atoms with E-state index < -0.39 is 0 Å². The first-order valence-electron chi connectivity index (χ1n) is 7.51. The minimum absolute atomic E-state index is 0.106. The van der Waals surface area contributed by atoms with Crippen LogP contribution in [0.5, 0.6) is 0 Å². The highest BCUT2D eigenvalue weighted by atomic mass is 16.2. The predicted octanol–water partition coefficient (Wildman–Crippen LogP) is 2.68. The molecule has 0 aliphatic carbocycles. The topological polar surface area (TPSA) is 40.5 Å². The van der Waals surface area contributed by atoms with Crippen LogP contribution in [-0.2, 0) is 0 Å². The van der Waals surface area contributed by atoms with Gasteiger partial charge in [0.05, 0.1) is 0 Å². The van der Waals surface area contributed by atoms with Gasteiger partial charge in [-0.2, -0.15) is 0 Å². The van der Waals surface area contributed by atoms with Gasteiger partial charge in [0.1, 0.15) is 6.61 Å². The summed E-state index contributed by atoms with van der Waals surface area (Å²) < 4.78 is 0. The molecule has 3 nitrogen and oxygen atoms in total. The lowest BCUT2D eigenvalue weighted by molar-refractivity contribution is 0.0757. The van der Waals surface area contributed by atoms with Gasteiger partial charge in [-0.15, -0.1) is 0 Å². The number of aliphatic hydroxyl groups excluding tert-OH is 1. The van der Waals surface area contributed by atoms with Crippen molar-refractivity contribution in [1.82, 2.24) is 4.90 Å². The molecule has 1 fully saturated rings. The fourth-order valence-corrected chi connectivity index (χ4v) is 2.65. The number of benzene rings is 1. The number of hydrogen-bond donors (Lipinski definition) is 1. The first kappa shape index (κ1) is 15.6. The monoisotopic (exact) mass is 285 g/mol. The van der Waals surface area contributed by atoms with Gasteiger partial charge in [0.2, 0.25) is 0 Å². The highest BCUT2D eigenvalue weighted by Crippen LogP contribution is 2.30. The molecule has 1 heterocycles. The molecule has 0 aromatic heterocycles. The summed E-state index contributed by atoms with van der Waals surface area (Å²) in [5.41, 5.74) is 1.86. The lowest BCUT2D eigenvalue weighted by Crippen LogP contribution is -2.32. The molecule has 1 aromatic carbocycles. The summed E-state index contributed by atoms with van der Waals surface area (Å²) in [4.78, 5) is 14.5. The molecule has 112 valence electrons. The van der Waals surface area contributed by atoms with Crippen LogP contribution in [0.3, 0.4) is 0 Å². The Kier molecular flexibility index (Phi) is 5.03. The summed E-state index contributed by atoms with van der Waals surface area (Å²) in [5.74, 6) is 5.55. The lowest BCUT2D eigenvalue weighted by Gasteiger charge is -2.23. The van der Waals surface area contributed by atoms with Gasteiger partial charge in [0, 0.05) is 24.2 Å². The molecule has 1 saturated heterocycles. The van der Waals surface area contributed by atoms with E-state index in [1.54, 1.807) is 0 Å². The Labute approximate surface area is 127 Å². The molecule has 2 rings (SSSR count). The van der Waals surface area contributed by atoms with Crippen molar-refractivity contribution >= 4 is 5.91 Å². The third-order valence-corrected chi connectivity index (χ3v) is 4.07. The summed E-state index contributed by atoms with van der Waals surface area (Å²) in [6, 6.07) is 7.30. The normalized spacial score (nSPS) is 17.6. The number of likely N-dealkylation sites (tertiary alicyclic amines) is 1. The lowest BCUT2D eigenvalue weighted by atomic mass is 9.85. The van der Waals surface area contributed by atoms with E-state index in [2.05, 4.69) is 25.7 Å². The average Bonchev–Trinajstić information content (AvgIpc) is 2.66. The van der Waals surface area contributed by atoms with Crippen molar-refractivity contribution < 1.29 is 9.90 Å². The highest BCUT2D eigenvalue weighted by Gasteiger charge is 2.25. The van der Waals surface area contributed by atoms with Crippen molar-refractivity contribution in [3.05, 3.63) is 35.4 Å². The van der Waals surface area contributed by atoms with Gasteiger partial charge < -0.3 is 10.0 Å². The summed E-state index contributed by atoms with van der Waals surface area (Å²) in [7, 11) is 0. The summed E-state index contributed by atoms with van der Waals surface area (Å²) in [6.07, 6.45) is 3.30. The SMILES string of the molecule is CC1(C)CCCN(C(=O)c2ccc(C#CCO)cc2)CC1. The van der Waals surface area contributed by atoms with Crippen LogP contribution in [-0.4, -0.2) is 35.6 Å². The number of carbonyl (C=O) groups excluding carboxylic acids is 1. The maximum atomic E-state index is 12.5. The summed E-state index contributed by atoms with van der Waals surface area (Å²) in [5, 5.41) is 8.68. The van der Waals surface area contributed by atoms with Gasteiger partial charge in [-0.05, 0) is 48.9 Å². The van der Waals surface area contributed by atoms with Crippen molar-refractivity contribution in [2.24, 2.45) is 5.41 Å². The fraction of sp³-hybridized carbons (Fsp3) is 0.500. The number of aliphatic hydroxyl groups is 1. The van der Waals surface area contributed by atoms with E-state index in [0.29, 0.717) is 11.0 Å². The van der Waals surface area contributed by atoms with Crippen LogP contribution in [0.15, 0.2) is 24.3 Å². The van der Waals surface area contributed by atoms with E-state index in [4.69, 9.17) is 5.11 Å². The quantitative estimate of drug-likeness (QED) is 0.806. The first-order valence-corrected chi connectivity index (χ1v) is 7.51. The minimum atomic E-state index is -0.149. The second kappa shape index (κ2) is 6.78. The minimum Gasteiger partial charge on any atom is -0.384 e. The number of amides is 1. The average molecular weight is 285 g/mol. The van der Waals surface area contributed by atoms with Gasteiger partial charge in [-0.3, -0.25) is 4.79 Å². The van der Waals surface area contributed by atoms with Crippen molar-refractivity contribution in [3.63, 3.8) is 0 Å². The van der Waals surface area contributed by atoms with Crippen LogP contribution in [0.1, 0.15) is 49.0 Å². The molecule has 0 atom stereocenters. The molecule has 0 radical (unpaired) electrons. The van der Waals surface area contributed by atoms with Crippen molar-refractivity contribution in [3.8, 4) is 11.8 Å². The summed E-state index contributed by atoms with van der Waals surface area (Å²) in [6.45, 7) is 6.07. The van der Waals surface area contributed by atoms with E-state index in [1.165, 1.54) is 6.42 Å². The molecule has 1 aliphatic rings. The molecule has 1 amide bonds. The Bertz CT molecular complexity index is 549. The maximum absolute atomic E-state index is 12.5. The molecule has 1 aromatic rings. The van der Waals surface area contributed by atoms with Crippen molar-refractivity contribution in [2.45, 2.75) is 33.1 Å². The smallest absolute Gasteiger partial charge is 0.253 e. The van der Waals surface area contributed by atoms with Gasteiger partial charge in [-0.25, -0.2) is 0 Å². The molecular weight excluding hydrogens is 262 g/mol. The van der Waals surface area contributed by atoms with Crippen LogP contribution in [0.2, 0.25) is 0 Å². The Morgan fingerprint density at radius 1 is 1.24 bits per heavy atom. The number of nitrogens with zero attached hydrogens (tertiary/aromatic N) is 1. The highest BCUT2D eigenvalue weighted by molar-refractivity contribution is 5.94. The number of hydrogen-bond acceptors (Lipinski definition) is 2. The molecule has 1 N–H and O–H groups in total. The Morgan fingerprint density at radius 3 is 2.62 bits per heavy atom. The van der Waals surface area contributed by atoms with Gasteiger partial charge >= 0.3 is 0 Å². The third-order valence-electron chi connectivity index (χ3n) is 4.07. The van der Waals surface area contributed by atoms with Crippen LogP contribution < -0.4 is 0 Å². The maximum Gasteiger partial charge on any atom is 0.253 e. The zero-order valence-electron chi connectivity index (χ0n) is 12.9. The van der Waals surface area contributed by atoms with E-state index in [1.807, 2.05) is 29.2 Å². The number of carbonyl (C=O) groups is 1. The second-order valence-electron chi connectivity index (χ2n) is 6.35. The summed E-state index contributed by atoms with van der Waals surface area (Å²) >= 11 is 0. The zero-order chi connectivity index (χ0) is 15.3. The molecule has 0 spiro atoms. The predicted molar refractivity (Wildman–Crippen MR) is 83.9 cm³/mol. The van der Waals surface area contributed by atoms with Crippen LogP contribution >= 0.6 is 0 Å². The molecule has 0 saturated carbocycles. The van der Waals surface area contributed by atoms with Crippen LogP contribution in [0.4, 0.5) is 0 Å². The molecule has 1 aliphatic heterocycles. The first-order chi connectivity index (χ1) is 10.0. The van der Waals surface area contributed by atoms with Crippen molar-refractivity contribution in [1.29, 1.82) is 0 Å². The fourth-order valence-electron chi connectivity index (χ4n) is 2.65. The van der Waals surface area contributed by atoms with E-state index in [-0.39, 0.29) is 12.5 Å². The molecule has 21 heavy (non-hydrogen) atoms. The molecule has 3 heteroatoms. The van der Waals surface area contributed by atoms with Crippen molar-refractivity contribution in [2.75, 3.05) is 19.7 Å². The Balaban J connectivity index is 2.06. The second-order valence-corrected chi connectivity index (χ2v) is 6.35. The zero-order valence-corrected chi connectivity index (χ0v) is 12.9. The van der Waals surface area contributed by atoms with E-state index in [9.17, 15) is 4.79 Å². The van der Waals surface area contributed by atoms with Crippen LogP contribution in [0, 0.1) is 17.3 Å². The largest absolute Gasteiger partial charge is 0.384 e.